The summed E-state index contributed by atoms with van der Waals surface area (Å²) in [7, 11) is 1.83. The summed E-state index contributed by atoms with van der Waals surface area (Å²) in [6.45, 7) is 4.58. The van der Waals surface area contributed by atoms with Gasteiger partial charge in [-0.05, 0) is 24.2 Å². The van der Waals surface area contributed by atoms with E-state index >= 15 is 0 Å². The molecule has 2 rings (SSSR count). The fraction of sp³-hybridized carbons (Fsp3) is 0.800. The van der Waals surface area contributed by atoms with E-state index in [-0.39, 0.29) is 0 Å². The van der Waals surface area contributed by atoms with Gasteiger partial charge >= 0.3 is 0 Å². The number of aromatic nitrogens is 3. The van der Waals surface area contributed by atoms with Gasteiger partial charge < -0.3 is 5.73 Å². The van der Waals surface area contributed by atoms with E-state index in [2.05, 4.69) is 23.9 Å². The second-order valence-electron chi connectivity index (χ2n) is 4.95. The number of hydrogen-bond acceptors (Lipinski definition) is 3. The first kappa shape index (κ1) is 9.49. The molecule has 1 aliphatic carbocycles. The minimum Gasteiger partial charge on any atom is -0.368 e. The van der Waals surface area contributed by atoms with Crippen molar-refractivity contribution in [3.05, 3.63) is 5.82 Å². The molecule has 0 saturated heterocycles. The largest absolute Gasteiger partial charge is 0.368 e. The van der Waals surface area contributed by atoms with Gasteiger partial charge in [0.25, 0.3) is 0 Å². The van der Waals surface area contributed by atoms with E-state index in [4.69, 9.17) is 5.73 Å². The number of aryl methyl sites for hydroxylation is 1. The highest BCUT2D eigenvalue weighted by Gasteiger charge is 2.38. The highest BCUT2D eigenvalue weighted by Crippen LogP contribution is 2.46. The smallest absolute Gasteiger partial charge is 0.218 e. The maximum absolute atomic E-state index is 5.64. The van der Waals surface area contributed by atoms with Gasteiger partial charge in [-0.3, -0.25) is 0 Å². The Balaban J connectivity index is 2.09. The Kier molecular flexibility index (Phi) is 2.01. The van der Waals surface area contributed by atoms with Gasteiger partial charge in [-0.2, -0.15) is 10.1 Å². The van der Waals surface area contributed by atoms with Gasteiger partial charge in [0.15, 0.2) is 5.82 Å². The molecule has 1 heterocycles. The fourth-order valence-corrected chi connectivity index (χ4v) is 1.94. The Labute approximate surface area is 84.5 Å². The first-order valence-electron chi connectivity index (χ1n) is 5.14. The Morgan fingerprint density at radius 1 is 1.50 bits per heavy atom. The lowest BCUT2D eigenvalue weighted by Crippen LogP contribution is -2.18. The minimum absolute atomic E-state index is 0.327. The van der Waals surface area contributed by atoms with Gasteiger partial charge in [0.2, 0.25) is 5.95 Å². The molecule has 4 nitrogen and oxygen atoms in total. The van der Waals surface area contributed by atoms with Gasteiger partial charge in [-0.15, -0.1) is 0 Å². The standard InChI is InChI=1S/C10H18N4/c1-10(2,7-4-5-7)6-8-12-9(11)14(3)13-8/h7H,4-6H2,1-3H3,(H2,11,12,13). The SMILES string of the molecule is Cn1nc(CC(C)(C)C2CC2)nc1N. The number of nitrogens with zero attached hydrogens (tertiary/aromatic N) is 3. The van der Waals surface area contributed by atoms with Gasteiger partial charge in [0, 0.05) is 13.5 Å². The van der Waals surface area contributed by atoms with Crippen LogP contribution in [0.15, 0.2) is 0 Å². The third-order valence-corrected chi connectivity index (χ3v) is 3.14. The average Bonchev–Trinajstić information content (AvgIpc) is 2.81. The third-order valence-electron chi connectivity index (χ3n) is 3.14. The van der Waals surface area contributed by atoms with E-state index < -0.39 is 0 Å². The summed E-state index contributed by atoms with van der Waals surface area (Å²) in [6, 6.07) is 0. The van der Waals surface area contributed by atoms with Crippen LogP contribution in [-0.4, -0.2) is 14.8 Å². The van der Waals surface area contributed by atoms with Crippen LogP contribution in [0, 0.1) is 11.3 Å². The van der Waals surface area contributed by atoms with Crippen LogP contribution in [0.5, 0.6) is 0 Å². The molecule has 1 aromatic heterocycles. The molecule has 0 spiro atoms. The van der Waals surface area contributed by atoms with Crippen molar-refractivity contribution in [2.75, 3.05) is 5.73 Å². The number of rotatable bonds is 3. The van der Waals surface area contributed by atoms with Crippen LogP contribution in [0.4, 0.5) is 5.95 Å². The van der Waals surface area contributed by atoms with Crippen molar-refractivity contribution in [3.8, 4) is 0 Å². The molecule has 0 amide bonds. The van der Waals surface area contributed by atoms with Gasteiger partial charge in [-0.25, -0.2) is 4.68 Å². The molecule has 0 aliphatic heterocycles. The maximum atomic E-state index is 5.64. The van der Waals surface area contributed by atoms with E-state index in [9.17, 15) is 0 Å². The number of nitrogen functional groups attached to an aromatic ring is 1. The van der Waals surface area contributed by atoms with Gasteiger partial charge in [0.05, 0.1) is 0 Å². The van der Waals surface area contributed by atoms with Gasteiger partial charge in [0.1, 0.15) is 0 Å². The fourth-order valence-electron chi connectivity index (χ4n) is 1.94. The quantitative estimate of drug-likeness (QED) is 0.790. The lowest BCUT2D eigenvalue weighted by Gasteiger charge is -2.22. The Morgan fingerprint density at radius 2 is 2.14 bits per heavy atom. The normalized spacial score (nSPS) is 17.4. The van der Waals surface area contributed by atoms with Gasteiger partial charge in [-0.1, -0.05) is 13.8 Å². The van der Waals surface area contributed by atoms with Crippen LogP contribution in [0.1, 0.15) is 32.5 Å². The van der Waals surface area contributed by atoms with E-state index in [0.29, 0.717) is 11.4 Å². The molecular formula is C10H18N4. The van der Waals surface area contributed by atoms with E-state index in [0.717, 1.165) is 18.2 Å². The van der Waals surface area contributed by atoms with Crippen LogP contribution in [0.2, 0.25) is 0 Å². The number of anilines is 1. The molecule has 2 N–H and O–H groups in total. The second-order valence-corrected chi connectivity index (χ2v) is 4.95. The lowest BCUT2D eigenvalue weighted by atomic mass is 9.84. The topological polar surface area (TPSA) is 56.7 Å². The zero-order valence-corrected chi connectivity index (χ0v) is 9.12. The molecule has 4 heteroatoms. The summed E-state index contributed by atoms with van der Waals surface area (Å²) in [5, 5.41) is 4.29. The zero-order valence-electron chi connectivity index (χ0n) is 9.12. The molecule has 78 valence electrons. The molecule has 0 bridgehead atoms. The molecule has 0 aromatic carbocycles. The van der Waals surface area contributed by atoms with Crippen molar-refractivity contribution in [1.29, 1.82) is 0 Å². The molecule has 0 unspecified atom stereocenters. The summed E-state index contributed by atoms with van der Waals surface area (Å²) in [4.78, 5) is 4.24. The van der Waals surface area contributed by atoms with Crippen LogP contribution in [0.3, 0.4) is 0 Å². The van der Waals surface area contributed by atoms with Crippen LogP contribution in [0.25, 0.3) is 0 Å². The first-order valence-corrected chi connectivity index (χ1v) is 5.14. The molecule has 1 aliphatic rings. The molecule has 1 fully saturated rings. The van der Waals surface area contributed by atoms with Crippen molar-refractivity contribution >= 4 is 5.95 Å². The second kappa shape index (κ2) is 2.97. The highest BCUT2D eigenvalue weighted by atomic mass is 15.4. The molecule has 0 atom stereocenters. The third kappa shape index (κ3) is 1.74. The Morgan fingerprint density at radius 3 is 2.57 bits per heavy atom. The van der Waals surface area contributed by atoms with Crippen molar-refractivity contribution in [1.82, 2.24) is 14.8 Å². The predicted molar refractivity (Wildman–Crippen MR) is 55.6 cm³/mol. The minimum atomic E-state index is 0.327. The van der Waals surface area contributed by atoms with E-state index in [1.165, 1.54) is 12.8 Å². The summed E-state index contributed by atoms with van der Waals surface area (Å²) in [5.41, 5.74) is 5.97. The van der Waals surface area contributed by atoms with E-state index in [1.807, 2.05) is 7.05 Å². The monoisotopic (exact) mass is 194 g/mol. The molecule has 1 aromatic rings. The van der Waals surface area contributed by atoms with Crippen LogP contribution in [-0.2, 0) is 13.5 Å². The summed E-state index contributed by atoms with van der Waals surface area (Å²) in [5.74, 6) is 2.24. The van der Waals surface area contributed by atoms with Crippen molar-refractivity contribution in [3.63, 3.8) is 0 Å². The van der Waals surface area contributed by atoms with Crippen LogP contribution < -0.4 is 5.73 Å². The Hall–Kier alpha value is -1.06. The predicted octanol–water partition coefficient (Wildman–Crippen LogP) is 1.38. The number of hydrogen-bond donors (Lipinski definition) is 1. The zero-order chi connectivity index (χ0) is 10.3. The number of nitrogens with two attached hydrogens (primary N) is 1. The van der Waals surface area contributed by atoms with Crippen molar-refractivity contribution < 1.29 is 0 Å². The first-order chi connectivity index (χ1) is 6.49. The summed E-state index contributed by atoms with van der Waals surface area (Å²) in [6.07, 6.45) is 3.65. The summed E-state index contributed by atoms with van der Waals surface area (Å²) >= 11 is 0. The molecule has 1 saturated carbocycles. The average molecular weight is 194 g/mol. The summed E-state index contributed by atoms with van der Waals surface area (Å²) < 4.78 is 1.64. The molecule has 0 radical (unpaired) electrons. The van der Waals surface area contributed by atoms with Crippen molar-refractivity contribution in [2.24, 2.45) is 18.4 Å². The molecule has 14 heavy (non-hydrogen) atoms. The van der Waals surface area contributed by atoms with E-state index in [1.54, 1.807) is 4.68 Å². The van der Waals surface area contributed by atoms with Crippen LogP contribution >= 0.6 is 0 Å². The van der Waals surface area contributed by atoms with Crippen molar-refractivity contribution in [2.45, 2.75) is 33.1 Å². The molecular weight excluding hydrogens is 176 g/mol. The lowest BCUT2D eigenvalue weighted by molar-refractivity contribution is 0.300. The maximum Gasteiger partial charge on any atom is 0.218 e. The Bertz CT molecular complexity index is 316. The highest BCUT2D eigenvalue weighted by molar-refractivity contribution is 5.16.